The van der Waals surface area contributed by atoms with Gasteiger partial charge < -0.3 is 10.6 Å². The van der Waals surface area contributed by atoms with Crippen molar-refractivity contribution in [2.45, 2.75) is 13.0 Å². The fourth-order valence-corrected chi connectivity index (χ4v) is 1.73. The minimum atomic E-state index is -0.414. The van der Waals surface area contributed by atoms with Crippen LogP contribution < -0.4 is 10.6 Å². The van der Waals surface area contributed by atoms with Gasteiger partial charge in [0.25, 0.3) is 0 Å². The molecule has 1 aromatic carbocycles. The summed E-state index contributed by atoms with van der Waals surface area (Å²) in [7, 11) is 0. The van der Waals surface area contributed by atoms with Gasteiger partial charge in [0.05, 0.1) is 23.9 Å². The normalized spacial score (nSPS) is 9.59. The zero-order valence-corrected chi connectivity index (χ0v) is 11.7. The fourth-order valence-electron chi connectivity index (χ4n) is 1.73. The van der Waals surface area contributed by atoms with Crippen LogP contribution >= 0.6 is 0 Å². The standard InChI is InChI=1S/C16H14N4O2/c17-10-12-4-6-13(7-5-12)20-16(22)9-15(21)19-11-14-3-1-2-8-18-14/h1-8H,9,11H2,(H,19,21)(H,20,22). The van der Waals surface area contributed by atoms with Crippen LogP contribution in [0.15, 0.2) is 48.7 Å². The molecule has 2 rings (SSSR count). The molecule has 0 spiro atoms. The summed E-state index contributed by atoms with van der Waals surface area (Å²) in [6.45, 7) is 0.282. The zero-order valence-electron chi connectivity index (χ0n) is 11.7. The molecule has 2 aromatic rings. The van der Waals surface area contributed by atoms with E-state index in [-0.39, 0.29) is 18.9 Å². The number of nitrogens with one attached hydrogen (secondary N) is 2. The third-order valence-electron chi connectivity index (χ3n) is 2.81. The average molecular weight is 294 g/mol. The third-order valence-corrected chi connectivity index (χ3v) is 2.81. The SMILES string of the molecule is N#Cc1ccc(NC(=O)CC(=O)NCc2ccccn2)cc1. The summed E-state index contributed by atoms with van der Waals surface area (Å²) in [5, 5.41) is 13.9. The molecule has 0 atom stereocenters. The van der Waals surface area contributed by atoms with E-state index in [9.17, 15) is 9.59 Å². The number of hydrogen-bond donors (Lipinski definition) is 2. The highest BCUT2D eigenvalue weighted by Crippen LogP contribution is 2.09. The number of aromatic nitrogens is 1. The quantitative estimate of drug-likeness (QED) is 0.819. The monoisotopic (exact) mass is 294 g/mol. The van der Waals surface area contributed by atoms with Crippen LogP contribution in [-0.2, 0) is 16.1 Å². The minimum absolute atomic E-state index is 0.271. The number of amides is 2. The van der Waals surface area contributed by atoms with Gasteiger partial charge in [-0.2, -0.15) is 5.26 Å². The molecule has 0 bridgehead atoms. The number of benzene rings is 1. The van der Waals surface area contributed by atoms with E-state index in [0.29, 0.717) is 11.3 Å². The van der Waals surface area contributed by atoms with E-state index >= 15 is 0 Å². The van der Waals surface area contributed by atoms with Gasteiger partial charge in [0.2, 0.25) is 11.8 Å². The molecule has 0 fully saturated rings. The predicted octanol–water partition coefficient (Wildman–Crippen LogP) is 1.60. The van der Waals surface area contributed by atoms with Gasteiger partial charge in [0.15, 0.2) is 0 Å². The van der Waals surface area contributed by atoms with Gasteiger partial charge in [-0.25, -0.2) is 0 Å². The molecular weight excluding hydrogens is 280 g/mol. The molecule has 0 saturated heterocycles. The Kier molecular flexibility index (Phi) is 5.21. The average Bonchev–Trinajstić information content (AvgIpc) is 2.54. The number of carbonyl (C=O) groups is 2. The third kappa shape index (κ3) is 4.72. The molecule has 1 aromatic heterocycles. The van der Waals surface area contributed by atoms with Crippen molar-refractivity contribution in [2.75, 3.05) is 5.32 Å². The molecule has 6 nitrogen and oxygen atoms in total. The second-order valence-electron chi connectivity index (χ2n) is 4.51. The summed E-state index contributed by atoms with van der Waals surface area (Å²) < 4.78 is 0. The fraction of sp³-hybridized carbons (Fsp3) is 0.125. The topological polar surface area (TPSA) is 94.9 Å². The Morgan fingerprint density at radius 1 is 1.09 bits per heavy atom. The first-order valence-corrected chi connectivity index (χ1v) is 6.64. The molecule has 0 saturated carbocycles. The van der Waals surface area contributed by atoms with E-state index in [1.54, 1.807) is 42.6 Å². The van der Waals surface area contributed by atoms with Gasteiger partial charge in [-0.05, 0) is 36.4 Å². The van der Waals surface area contributed by atoms with Crippen molar-refractivity contribution >= 4 is 17.5 Å². The number of nitriles is 1. The summed E-state index contributed by atoms with van der Waals surface area (Å²) in [5.74, 6) is -0.792. The molecule has 110 valence electrons. The van der Waals surface area contributed by atoms with E-state index in [4.69, 9.17) is 5.26 Å². The van der Waals surface area contributed by atoms with Crippen LogP contribution in [0.25, 0.3) is 0 Å². The van der Waals surface area contributed by atoms with Gasteiger partial charge in [-0.15, -0.1) is 0 Å². The first-order valence-electron chi connectivity index (χ1n) is 6.64. The number of carbonyl (C=O) groups excluding carboxylic acids is 2. The van der Waals surface area contributed by atoms with Crippen molar-refractivity contribution in [2.24, 2.45) is 0 Å². The number of nitrogens with zero attached hydrogens (tertiary/aromatic N) is 2. The highest BCUT2D eigenvalue weighted by molar-refractivity contribution is 6.03. The zero-order chi connectivity index (χ0) is 15.8. The summed E-state index contributed by atoms with van der Waals surface area (Å²) in [5.41, 5.74) is 1.77. The Labute approximate surface area is 127 Å². The van der Waals surface area contributed by atoms with Crippen LogP contribution in [-0.4, -0.2) is 16.8 Å². The van der Waals surface area contributed by atoms with Crippen molar-refractivity contribution in [3.8, 4) is 6.07 Å². The maximum atomic E-state index is 11.7. The first kappa shape index (κ1) is 15.2. The van der Waals surface area contributed by atoms with E-state index in [1.807, 2.05) is 12.1 Å². The number of hydrogen-bond acceptors (Lipinski definition) is 4. The Bertz CT molecular complexity index is 690. The summed E-state index contributed by atoms with van der Waals surface area (Å²) in [6, 6.07) is 13.8. The van der Waals surface area contributed by atoms with Crippen LogP contribution in [0.5, 0.6) is 0 Å². The van der Waals surface area contributed by atoms with Crippen molar-refractivity contribution in [3.63, 3.8) is 0 Å². The molecule has 0 aliphatic rings. The Morgan fingerprint density at radius 2 is 1.86 bits per heavy atom. The summed E-state index contributed by atoms with van der Waals surface area (Å²) in [6.07, 6.45) is 1.37. The van der Waals surface area contributed by atoms with E-state index < -0.39 is 5.91 Å². The molecule has 1 heterocycles. The van der Waals surface area contributed by atoms with Crippen LogP contribution in [0.1, 0.15) is 17.7 Å². The van der Waals surface area contributed by atoms with Gasteiger partial charge >= 0.3 is 0 Å². The Morgan fingerprint density at radius 3 is 2.50 bits per heavy atom. The van der Waals surface area contributed by atoms with Gasteiger partial charge in [-0.3, -0.25) is 14.6 Å². The first-order chi connectivity index (χ1) is 10.7. The van der Waals surface area contributed by atoms with Crippen molar-refractivity contribution in [3.05, 3.63) is 59.9 Å². The van der Waals surface area contributed by atoms with Crippen LogP contribution in [0.4, 0.5) is 5.69 Å². The Balaban J connectivity index is 1.78. The maximum absolute atomic E-state index is 11.7. The van der Waals surface area contributed by atoms with E-state index in [1.165, 1.54) is 0 Å². The van der Waals surface area contributed by atoms with Crippen molar-refractivity contribution < 1.29 is 9.59 Å². The lowest BCUT2D eigenvalue weighted by Gasteiger charge is -2.06. The van der Waals surface area contributed by atoms with Gasteiger partial charge in [-0.1, -0.05) is 6.07 Å². The van der Waals surface area contributed by atoms with Crippen molar-refractivity contribution in [1.82, 2.24) is 10.3 Å². The molecule has 2 N–H and O–H groups in total. The van der Waals surface area contributed by atoms with Crippen LogP contribution in [0.3, 0.4) is 0 Å². The van der Waals surface area contributed by atoms with Crippen molar-refractivity contribution in [1.29, 1.82) is 5.26 Å². The molecule has 2 amide bonds. The second kappa shape index (κ2) is 7.55. The molecule has 0 radical (unpaired) electrons. The molecule has 22 heavy (non-hydrogen) atoms. The smallest absolute Gasteiger partial charge is 0.233 e. The van der Waals surface area contributed by atoms with E-state index in [0.717, 1.165) is 5.69 Å². The van der Waals surface area contributed by atoms with Gasteiger partial charge in [0, 0.05) is 11.9 Å². The van der Waals surface area contributed by atoms with E-state index in [2.05, 4.69) is 15.6 Å². The summed E-state index contributed by atoms with van der Waals surface area (Å²) >= 11 is 0. The lowest BCUT2D eigenvalue weighted by molar-refractivity contribution is -0.126. The molecular formula is C16H14N4O2. The molecule has 0 unspecified atom stereocenters. The predicted molar refractivity (Wildman–Crippen MR) is 80.5 cm³/mol. The number of pyridine rings is 1. The lowest BCUT2D eigenvalue weighted by Crippen LogP contribution is -2.28. The number of rotatable bonds is 5. The van der Waals surface area contributed by atoms with Crippen LogP contribution in [0.2, 0.25) is 0 Å². The summed E-state index contributed by atoms with van der Waals surface area (Å²) in [4.78, 5) is 27.5. The minimum Gasteiger partial charge on any atom is -0.350 e. The highest BCUT2D eigenvalue weighted by Gasteiger charge is 2.09. The largest absolute Gasteiger partial charge is 0.350 e. The lowest BCUT2D eigenvalue weighted by atomic mass is 10.2. The molecule has 0 aliphatic carbocycles. The Hall–Kier alpha value is -3.20. The maximum Gasteiger partial charge on any atom is 0.233 e. The van der Waals surface area contributed by atoms with Crippen LogP contribution in [0, 0.1) is 11.3 Å². The van der Waals surface area contributed by atoms with Gasteiger partial charge in [0.1, 0.15) is 6.42 Å². The molecule has 0 aliphatic heterocycles. The molecule has 6 heteroatoms. The highest BCUT2D eigenvalue weighted by atomic mass is 16.2. The number of anilines is 1. The second-order valence-corrected chi connectivity index (χ2v) is 4.51.